The van der Waals surface area contributed by atoms with E-state index in [4.69, 9.17) is 4.74 Å². The lowest BCUT2D eigenvalue weighted by Gasteiger charge is -2.32. The molecule has 1 aromatic carbocycles. The summed E-state index contributed by atoms with van der Waals surface area (Å²) >= 11 is 0. The Bertz CT molecular complexity index is 812. The number of nitrogens with one attached hydrogen (secondary N) is 1. The molecule has 1 amide bonds. The second-order valence-electron chi connectivity index (χ2n) is 7.86. The number of likely N-dealkylation sites (N-methyl/N-ethyl adjacent to an activating group) is 1. The van der Waals surface area contributed by atoms with Crippen LogP contribution in [0.15, 0.2) is 18.2 Å². The first-order valence-corrected chi connectivity index (χ1v) is 11.6. The van der Waals surface area contributed by atoms with Crippen LogP contribution < -0.4 is 9.46 Å². The molecule has 2 atom stereocenters. The van der Waals surface area contributed by atoms with Gasteiger partial charge in [-0.3, -0.25) is 4.79 Å². The maximum atomic E-state index is 13.2. The molecule has 3 rings (SSSR count). The van der Waals surface area contributed by atoms with Gasteiger partial charge >= 0.3 is 0 Å². The molecule has 1 N–H and O–H groups in total. The van der Waals surface area contributed by atoms with Gasteiger partial charge in [-0.25, -0.2) is 13.1 Å². The number of rotatable bonds is 5. The monoisotopic (exact) mass is 409 g/mol. The summed E-state index contributed by atoms with van der Waals surface area (Å²) in [4.78, 5) is 17.2. The van der Waals surface area contributed by atoms with E-state index in [1.165, 1.54) is 11.1 Å². The highest BCUT2D eigenvalue weighted by Gasteiger charge is 2.32. The van der Waals surface area contributed by atoms with E-state index in [1.54, 1.807) is 14.0 Å². The number of nitrogens with zero attached hydrogens (tertiary/aromatic N) is 2. The van der Waals surface area contributed by atoms with Crippen molar-refractivity contribution in [3.8, 4) is 5.75 Å². The van der Waals surface area contributed by atoms with Crippen LogP contribution in [-0.4, -0.2) is 69.7 Å². The fourth-order valence-electron chi connectivity index (χ4n) is 4.15. The Hall–Kier alpha value is -1.64. The number of ether oxygens (including phenoxy) is 1. The van der Waals surface area contributed by atoms with Crippen LogP contribution in [0.25, 0.3) is 0 Å². The van der Waals surface area contributed by atoms with E-state index in [0.29, 0.717) is 39.0 Å². The molecule has 0 spiro atoms. The summed E-state index contributed by atoms with van der Waals surface area (Å²) in [6.45, 7) is 4.27. The van der Waals surface area contributed by atoms with Crippen molar-refractivity contribution in [2.75, 3.05) is 39.5 Å². The number of methoxy groups -OCH3 is 1. The molecule has 0 aromatic heterocycles. The highest BCUT2D eigenvalue weighted by molar-refractivity contribution is 7.89. The van der Waals surface area contributed by atoms with E-state index in [2.05, 4.69) is 15.7 Å². The maximum Gasteiger partial charge on any atom is 0.227 e. The molecule has 0 bridgehead atoms. The lowest BCUT2D eigenvalue weighted by molar-refractivity contribution is -0.137. The van der Waals surface area contributed by atoms with E-state index < -0.39 is 10.0 Å². The number of hydrogen-bond acceptors (Lipinski definition) is 5. The lowest BCUT2D eigenvalue weighted by atomic mass is 9.96. The summed E-state index contributed by atoms with van der Waals surface area (Å²) in [5.41, 5.74) is 2.42. The minimum absolute atomic E-state index is 0.0769. The van der Waals surface area contributed by atoms with Crippen molar-refractivity contribution in [2.45, 2.75) is 38.8 Å². The van der Waals surface area contributed by atoms with Crippen molar-refractivity contribution in [1.29, 1.82) is 0 Å². The van der Waals surface area contributed by atoms with Crippen molar-refractivity contribution >= 4 is 15.9 Å². The van der Waals surface area contributed by atoms with E-state index >= 15 is 0 Å². The van der Waals surface area contributed by atoms with Gasteiger partial charge in [0.05, 0.1) is 18.8 Å². The SMILES string of the molecule is CCS(=O)(=O)N[C@H]1CC[C@@H](C(=O)N2CCc3cc(OC)ccc3C2)CN(C)C1. The van der Waals surface area contributed by atoms with Gasteiger partial charge in [0.1, 0.15) is 5.75 Å². The predicted molar refractivity (Wildman–Crippen MR) is 109 cm³/mol. The molecule has 0 radical (unpaired) electrons. The zero-order valence-electron chi connectivity index (χ0n) is 17.0. The smallest absolute Gasteiger partial charge is 0.227 e. The molecule has 28 heavy (non-hydrogen) atoms. The normalized spacial score (nSPS) is 23.8. The second-order valence-corrected chi connectivity index (χ2v) is 9.90. The van der Waals surface area contributed by atoms with E-state index in [0.717, 1.165) is 12.2 Å². The van der Waals surface area contributed by atoms with Crippen molar-refractivity contribution in [2.24, 2.45) is 5.92 Å². The van der Waals surface area contributed by atoms with Gasteiger partial charge in [0.2, 0.25) is 15.9 Å². The summed E-state index contributed by atoms with van der Waals surface area (Å²) in [5, 5.41) is 0. The van der Waals surface area contributed by atoms with E-state index in [1.807, 2.05) is 24.1 Å². The first-order chi connectivity index (χ1) is 13.3. The Morgan fingerprint density at radius 2 is 2.04 bits per heavy atom. The van der Waals surface area contributed by atoms with Crippen LogP contribution in [0.1, 0.15) is 30.9 Å². The average molecular weight is 410 g/mol. The molecule has 7 nitrogen and oxygen atoms in total. The molecule has 1 aromatic rings. The molecular formula is C20H31N3O4S. The molecule has 0 unspecified atom stereocenters. The molecule has 1 fully saturated rings. The Balaban J connectivity index is 1.64. The van der Waals surface area contributed by atoms with Crippen molar-refractivity contribution in [3.05, 3.63) is 29.3 Å². The van der Waals surface area contributed by atoms with Gasteiger partial charge in [-0.1, -0.05) is 6.07 Å². The number of amides is 1. The first-order valence-electron chi connectivity index (χ1n) is 9.94. The summed E-state index contributed by atoms with van der Waals surface area (Å²) in [6, 6.07) is 5.90. The topological polar surface area (TPSA) is 79.0 Å². The maximum absolute atomic E-state index is 13.2. The number of sulfonamides is 1. The zero-order chi connectivity index (χ0) is 20.3. The lowest BCUT2D eigenvalue weighted by Crippen LogP contribution is -2.43. The molecule has 0 saturated carbocycles. The molecule has 8 heteroatoms. The van der Waals surface area contributed by atoms with Gasteiger partial charge in [0, 0.05) is 32.2 Å². The highest BCUT2D eigenvalue weighted by Crippen LogP contribution is 2.26. The van der Waals surface area contributed by atoms with Gasteiger partial charge < -0.3 is 14.5 Å². The van der Waals surface area contributed by atoms with Crippen LogP contribution >= 0.6 is 0 Å². The van der Waals surface area contributed by atoms with Crippen molar-refractivity contribution in [1.82, 2.24) is 14.5 Å². The number of carbonyl (C=O) groups excluding carboxylic acids is 1. The predicted octanol–water partition coefficient (Wildman–Crippen LogP) is 1.23. The van der Waals surface area contributed by atoms with Gasteiger partial charge in [-0.2, -0.15) is 0 Å². The molecule has 2 heterocycles. The van der Waals surface area contributed by atoms with Crippen molar-refractivity contribution < 1.29 is 17.9 Å². The Morgan fingerprint density at radius 3 is 2.75 bits per heavy atom. The minimum atomic E-state index is -3.24. The largest absolute Gasteiger partial charge is 0.497 e. The third-order valence-corrected chi connectivity index (χ3v) is 7.19. The fourth-order valence-corrected chi connectivity index (χ4v) is 5.02. The molecule has 156 valence electrons. The third kappa shape index (κ3) is 5.04. The summed E-state index contributed by atoms with van der Waals surface area (Å²) in [5.74, 6) is 1.01. The highest BCUT2D eigenvalue weighted by atomic mass is 32.2. The Kier molecular flexibility index (Phi) is 6.62. The van der Waals surface area contributed by atoms with Crippen LogP contribution in [0.2, 0.25) is 0 Å². The van der Waals surface area contributed by atoms with Crippen LogP contribution in [0, 0.1) is 5.92 Å². The van der Waals surface area contributed by atoms with Crippen molar-refractivity contribution in [3.63, 3.8) is 0 Å². The van der Waals surface area contributed by atoms with E-state index in [9.17, 15) is 13.2 Å². The third-order valence-electron chi connectivity index (χ3n) is 5.74. The fraction of sp³-hybridized carbons (Fsp3) is 0.650. The number of carbonyl (C=O) groups is 1. The summed E-state index contributed by atoms with van der Waals surface area (Å²) in [6.07, 6.45) is 2.22. The number of fused-ring (bicyclic) bond motifs is 1. The number of likely N-dealkylation sites (tertiary alicyclic amines) is 1. The van der Waals surface area contributed by atoms with Gasteiger partial charge in [-0.15, -0.1) is 0 Å². The standard InChI is InChI=1S/C20H31N3O4S/c1-4-28(25,26)21-18-7-5-17(12-22(2)14-18)20(24)23-10-9-15-11-19(27-3)8-6-16(15)13-23/h6,8,11,17-18,21H,4-5,7,9-10,12-14H2,1-3H3/t17-,18+/m1/s1. The van der Waals surface area contributed by atoms with Gasteiger partial charge in [0.25, 0.3) is 0 Å². The van der Waals surface area contributed by atoms with Gasteiger partial charge in [0.15, 0.2) is 0 Å². The number of benzene rings is 1. The van der Waals surface area contributed by atoms with E-state index in [-0.39, 0.29) is 23.6 Å². The Labute approximate surface area is 168 Å². The van der Waals surface area contributed by atoms with Crippen LogP contribution in [0.3, 0.4) is 0 Å². The molecule has 2 aliphatic heterocycles. The molecule has 1 saturated heterocycles. The zero-order valence-corrected chi connectivity index (χ0v) is 17.8. The summed E-state index contributed by atoms with van der Waals surface area (Å²) in [7, 11) is 0.380. The quantitative estimate of drug-likeness (QED) is 0.791. The van der Waals surface area contributed by atoms with Crippen LogP contribution in [0.4, 0.5) is 0 Å². The number of hydrogen-bond donors (Lipinski definition) is 1. The Morgan fingerprint density at radius 1 is 1.25 bits per heavy atom. The van der Waals surface area contributed by atoms with Crippen LogP contribution in [-0.2, 0) is 27.8 Å². The second kappa shape index (κ2) is 8.80. The van der Waals surface area contributed by atoms with Gasteiger partial charge in [-0.05, 0) is 56.5 Å². The average Bonchev–Trinajstić information content (AvgIpc) is 2.87. The van der Waals surface area contributed by atoms with Crippen LogP contribution in [0.5, 0.6) is 5.75 Å². The summed E-state index contributed by atoms with van der Waals surface area (Å²) < 4.78 is 31.9. The molecule has 0 aliphatic carbocycles. The molecule has 2 aliphatic rings. The molecular weight excluding hydrogens is 378 g/mol. The minimum Gasteiger partial charge on any atom is -0.497 e. The first kappa shape index (κ1) is 21.1.